The van der Waals surface area contributed by atoms with Gasteiger partial charge in [-0.15, -0.1) is 0 Å². The van der Waals surface area contributed by atoms with Crippen molar-refractivity contribution in [1.82, 2.24) is 14.3 Å². The van der Waals surface area contributed by atoms with Crippen LogP contribution in [0, 0.1) is 10.7 Å². The van der Waals surface area contributed by atoms with Crippen LogP contribution in [0.2, 0.25) is 0 Å². The summed E-state index contributed by atoms with van der Waals surface area (Å²) < 4.78 is 4.71. The van der Waals surface area contributed by atoms with E-state index in [0.717, 1.165) is 23.0 Å². The number of hydrogen-bond donors (Lipinski definition) is 1. The van der Waals surface area contributed by atoms with Crippen molar-refractivity contribution >= 4 is 12.2 Å². The van der Waals surface area contributed by atoms with Crippen molar-refractivity contribution in [3.63, 3.8) is 0 Å². The first-order valence-corrected chi connectivity index (χ1v) is 7.68. The van der Waals surface area contributed by atoms with Gasteiger partial charge < -0.3 is 4.90 Å². The summed E-state index contributed by atoms with van der Waals surface area (Å²) >= 11 is 5.56. The Morgan fingerprint density at radius 3 is 2.90 bits per heavy atom. The highest BCUT2D eigenvalue weighted by Gasteiger charge is 2.20. The highest BCUT2D eigenvalue weighted by Crippen LogP contribution is 2.08. The Balaban J connectivity index is 1.79. The molecule has 0 aliphatic carbocycles. The van der Waals surface area contributed by atoms with Gasteiger partial charge in [0.15, 0.2) is 6.67 Å². The van der Waals surface area contributed by atoms with E-state index in [9.17, 15) is 0 Å². The van der Waals surface area contributed by atoms with E-state index in [1.807, 2.05) is 33.8 Å². The molecular formula is C15H21N4S+. The molecule has 2 aromatic rings. The molecule has 3 rings (SSSR count). The highest BCUT2D eigenvalue weighted by molar-refractivity contribution is 7.71. The zero-order valence-corrected chi connectivity index (χ0v) is 12.6. The van der Waals surface area contributed by atoms with Gasteiger partial charge in [0, 0.05) is 11.6 Å². The number of quaternary nitrogens is 1. The molecule has 4 nitrogen and oxygen atoms in total. The zero-order valence-electron chi connectivity index (χ0n) is 11.8. The average Bonchev–Trinajstić information content (AvgIpc) is 2.81. The van der Waals surface area contributed by atoms with Crippen molar-refractivity contribution in [1.29, 1.82) is 0 Å². The van der Waals surface area contributed by atoms with Crippen molar-refractivity contribution in [3.8, 4) is 5.69 Å². The quantitative estimate of drug-likeness (QED) is 0.871. The molecule has 1 fully saturated rings. The second-order valence-corrected chi connectivity index (χ2v) is 6.09. The van der Waals surface area contributed by atoms with Crippen LogP contribution in [0.1, 0.15) is 19.8 Å². The van der Waals surface area contributed by atoms with E-state index in [4.69, 9.17) is 12.2 Å². The minimum absolute atomic E-state index is 0.780. The molecule has 1 unspecified atom stereocenters. The number of piperidine rings is 1. The van der Waals surface area contributed by atoms with Crippen LogP contribution in [-0.4, -0.2) is 27.4 Å². The number of benzene rings is 1. The lowest BCUT2D eigenvalue weighted by atomic mass is 10.0. The van der Waals surface area contributed by atoms with Crippen LogP contribution in [0.5, 0.6) is 0 Å². The molecule has 5 heteroatoms. The van der Waals surface area contributed by atoms with Crippen molar-refractivity contribution in [2.75, 3.05) is 13.1 Å². The Bertz CT molecular complexity index is 616. The van der Waals surface area contributed by atoms with Crippen molar-refractivity contribution in [3.05, 3.63) is 41.4 Å². The summed E-state index contributed by atoms with van der Waals surface area (Å²) in [6, 6.07) is 10.2. The van der Waals surface area contributed by atoms with Crippen LogP contribution in [0.25, 0.3) is 5.69 Å². The number of nitrogens with one attached hydrogen (secondary N) is 1. The van der Waals surface area contributed by atoms with E-state index in [0.29, 0.717) is 0 Å². The number of aromatic nitrogens is 3. The van der Waals surface area contributed by atoms with E-state index in [1.54, 1.807) is 4.90 Å². The number of para-hydroxylation sites is 1. The van der Waals surface area contributed by atoms with Crippen molar-refractivity contribution < 1.29 is 4.90 Å². The van der Waals surface area contributed by atoms with Crippen LogP contribution in [0.3, 0.4) is 0 Å². The van der Waals surface area contributed by atoms with Gasteiger partial charge in [0.05, 0.1) is 13.1 Å². The molecule has 1 aromatic heterocycles. The van der Waals surface area contributed by atoms with E-state index in [2.05, 4.69) is 24.2 Å². The van der Waals surface area contributed by atoms with Gasteiger partial charge in [-0.2, -0.15) is 9.78 Å². The SMILES string of the molecule is C[C@H]1CCC[NH+](Cn2ncn(-c3ccccc3)c2=S)C1. The van der Waals surface area contributed by atoms with Crippen LogP contribution in [0.4, 0.5) is 0 Å². The molecule has 0 radical (unpaired) electrons. The van der Waals surface area contributed by atoms with Gasteiger partial charge in [-0.05, 0) is 37.2 Å². The summed E-state index contributed by atoms with van der Waals surface area (Å²) in [6.45, 7) is 5.66. The van der Waals surface area contributed by atoms with E-state index in [-0.39, 0.29) is 0 Å². The molecule has 0 spiro atoms. The number of rotatable bonds is 3. The Kier molecular flexibility index (Phi) is 3.98. The van der Waals surface area contributed by atoms with Gasteiger partial charge in [-0.25, -0.2) is 0 Å². The third kappa shape index (κ3) is 2.83. The molecule has 106 valence electrons. The first kappa shape index (κ1) is 13.5. The number of nitrogens with zero attached hydrogens (tertiary/aromatic N) is 3. The Labute approximate surface area is 124 Å². The molecule has 0 amide bonds. The fourth-order valence-electron chi connectivity index (χ4n) is 2.96. The normalized spacial score (nSPS) is 22.9. The van der Waals surface area contributed by atoms with Gasteiger partial charge in [0.2, 0.25) is 4.77 Å². The second kappa shape index (κ2) is 5.89. The molecule has 2 atom stereocenters. The lowest BCUT2D eigenvalue weighted by molar-refractivity contribution is -0.931. The van der Waals surface area contributed by atoms with Crippen LogP contribution < -0.4 is 4.90 Å². The fourth-order valence-corrected chi connectivity index (χ4v) is 3.23. The second-order valence-electron chi connectivity index (χ2n) is 5.73. The molecule has 1 aliphatic rings. The minimum atomic E-state index is 0.780. The Hall–Kier alpha value is -1.46. The standard InChI is InChI=1S/C15H20N4S/c1-13-6-5-9-17(10-13)12-19-15(20)18(11-16-19)14-7-3-2-4-8-14/h2-4,7-8,11,13H,5-6,9-10,12H2,1H3/p+1/t13-/m0/s1. The Morgan fingerprint density at radius 2 is 2.15 bits per heavy atom. The van der Waals surface area contributed by atoms with Crippen LogP contribution >= 0.6 is 12.2 Å². The van der Waals surface area contributed by atoms with Gasteiger partial charge >= 0.3 is 0 Å². The van der Waals surface area contributed by atoms with E-state index < -0.39 is 0 Å². The van der Waals surface area contributed by atoms with E-state index >= 15 is 0 Å². The Morgan fingerprint density at radius 1 is 1.35 bits per heavy atom. The van der Waals surface area contributed by atoms with Gasteiger partial charge in [-0.1, -0.05) is 25.1 Å². The first-order valence-electron chi connectivity index (χ1n) is 7.27. The van der Waals surface area contributed by atoms with Crippen molar-refractivity contribution in [2.24, 2.45) is 5.92 Å². The fraction of sp³-hybridized carbons (Fsp3) is 0.467. The smallest absolute Gasteiger partial charge is 0.207 e. The molecule has 20 heavy (non-hydrogen) atoms. The third-order valence-corrected chi connectivity index (χ3v) is 4.41. The predicted molar refractivity (Wildman–Crippen MR) is 81.5 cm³/mol. The maximum atomic E-state index is 5.56. The molecule has 1 aliphatic heterocycles. The highest BCUT2D eigenvalue weighted by atomic mass is 32.1. The van der Waals surface area contributed by atoms with Gasteiger partial charge in [0.1, 0.15) is 6.33 Å². The third-order valence-electron chi connectivity index (χ3n) is 4.01. The molecule has 1 saturated heterocycles. The summed E-state index contributed by atoms with van der Waals surface area (Å²) in [5.74, 6) is 0.809. The maximum Gasteiger partial charge on any atom is 0.207 e. The largest absolute Gasteiger partial charge is 0.316 e. The monoisotopic (exact) mass is 289 g/mol. The summed E-state index contributed by atoms with van der Waals surface area (Å²) in [6.07, 6.45) is 4.49. The van der Waals surface area contributed by atoms with E-state index in [1.165, 1.54) is 25.9 Å². The topological polar surface area (TPSA) is 27.2 Å². The first-order chi connectivity index (χ1) is 9.74. The predicted octanol–water partition coefficient (Wildman–Crippen LogP) is 1.68. The average molecular weight is 289 g/mol. The molecule has 2 heterocycles. The molecule has 1 aromatic carbocycles. The maximum absolute atomic E-state index is 5.56. The number of likely N-dealkylation sites (tertiary alicyclic amines) is 1. The van der Waals surface area contributed by atoms with Crippen LogP contribution in [0.15, 0.2) is 36.7 Å². The number of hydrogen-bond acceptors (Lipinski definition) is 2. The summed E-state index contributed by atoms with van der Waals surface area (Å²) in [5.41, 5.74) is 1.07. The summed E-state index contributed by atoms with van der Waals surface area (Å²) in [7, 11) is 0. The summed E-state index contributed by atoms with van der Waals surface area (Å²) in [5, 5.41) is 4.47. The molecule has 0 bridgehead atoms. The lowest BCUT2D eigenvalue weighted by Crippen LogP contribution is -3.12. The lowest BCUT2D eigenvalue weighted by Gasteiger charge is -2.27. The minimum Gasteiger partial charge on any atom is -0.316 e. The molecular weight excluding hydrogens is 268 g/mol. The van der Waals surface area contributed by atoms with Gasteiger partial charge in [-0.3, -0.25) is 4.57 Å². The van der Waals surface area contributed by atoms with Gasteiger partial charge in [0.25, 0.3) is 0 Å². The zero-order chi connectivity index (χ0) is 13.9. The summed E-state index contributed by atoms with van der Waals surface area (Å²) in [4.78, 5) is 1.58. The van der Waals surface area contributed by atoms with Crippen molar-refractivity contribution in [2.45, 2.75) is 26.4 Å². The molecule has 0 saturated carbocycles. The molecule has 1 N–H and O–H groups in total. The van der Waals surface area contributed by atoms with Crippen LogP contribution in [-0.2, 0) is 6.67 Å².